The molecule has 2 atom stereocenters. The van der Waals surface area contributed by atoms with Crippen LogP contribution in [-0.2, 0) is 32.6 Å². The number of para-hydroxylation sites is 2. The highest BCUT2D eigenvalue weighted by atomic mass is 35.5. The number of methoxy groups -OCH3 is 1. The number of rotatable bonds is 14. The largest absolute Gasteiger partial charge is 0.495 e. The van der Waals surface area contributed by atoms with Crippen molar-refractivity contribution in [1.82, 2.24) is 10.2 Å². The second-order valence-corrected chi connectivity index (χ2v) is 12.9. The molecule has 0 spiro atoms. The van der Waals surface area contributed by atoms with Crippen LogP contribution in [0.3, 0.4) is 0 Å². The van der Waals surface area contributed by atoms with Crippen LogP contribution in [0.4, 0.5) is 5.69 Å². The van der Waals surface area contributed by atoms with Gasteiger partial charge in [-0.3, -0.25) is 13.9 Å². The van der Waals surface area contributed by atoms with Crippen molar-refractivity contribution in [2.45, 2.75) is 50.2 Å². The second-order valence-electron chi connectivity index (χ2n) is 10.6. The van der Waals surface area contributed by atoms with E-state index in [9.17, 15) is 18.0 Å². The molecule has 2 amide bonds. The number of hydrogen-bond donors (Lipinski definition) is 1. The number of halogens is 1. The summed E-state index contributed by atoms with van der Waals surface area (Å²) >= 11 is 6.56. The summed E-state index contributed by atoms with van der Waals surface area (Å²) in [6.07, 6.45) is 0.901. The average Bonchev–Trinajstić information content (AvgIpc) is 3.06. The first-order chi connectivity index (χ1) is 21.6. The standard InChI is InChI=1S/C35H38ClN3O5S/c1-4-26(2)37-35(41)32(23-27-15-7-5-8-16-27)38(24-28-17-11-12-20-30(28)36)34(40)25-39(31-21-13-14-22-33(31)44-3)45(42,43)29-18-9-6-10-19-29/h5-22,26,32H,4,23-25H2,1-3H3,(H,37,41)/t26-,32-/m0/s1. The first kappa shape index (κ1) is 33.6. The van der Waals surface area contributed by atoms with Gasteiger partial charge in [-0.2, -0.15) is 0 Å². The lowest BCUT2D eigenvalue weighted by Gasteiger charge is -2.34. The van der Waals surface area contributed by atoms with Gasteiger partial charge in [0.15, 0.2) is 0 Å². The van der Waals surface area contributed by atoms with Gasteiger partial charge >= 0.3 is 0 Å². The molecule has 8 nitrogen and oxygen atoms in total. The molecule has 0 saturated carbocycles. The van der Waals surface area contributed by atoms with Gasteiger partial charge < -0.3 is 15.0 Å². The number of nitrogens with zero attached hydrogens (tertiary/aromatic N) is 2. The maximum atomic E-state index is 14.6. The minimum atomic E-state index is -4.24. The Kier molecular flexibility index (Phi) is 11.6. The molecule has 4 rings (SSSR count). The predicted octanol–water partition coefficient (Wildman–Crippen LogP) is 6.10. The first-order valence-electron chi connectivity index (χ1n) is 14.7. The van der Waals surface area contributed by atoms with Crippen LogP contribution in [0, 0.1) is 0 Å². The van der Waals surface area contributed by atoms with Gasteiger partial charge in [-0.1, -0.05) is 97.4 Å². The van der Waals surface area contributed by atoms with E-state index < -0.39 is 28.5 Å². The Morgan fingerprint density at radius 1 is 0.867 bits per heavy atom. The predicted molar refractivity (Wildman–Crippen MR) is 178 cm³/mol. The molecule has 0 aliphatic heterocycles. The average molecular weight is 648 g/mol. The molecular weight excluding hydrogens is 610 g/mol. The molecule has 1 N–H and O–H groups in total. The number of sulfonamides is 1. The number of benzene rings is 4. The van der Waals surface area contributed by atoms with Crippen molar-refractivity contribution in [1.29, 1.82) is 0 Å². The summed E-state index contributed by atoms with van der Waals surface area (Å²) in [6, 6.07) is 29.9. The van der Waals surface area contributed by atoms with Crippen molar-refractivity contribution in [2.24, 2.45) is 0 Å². The van der Waals surface area contributed by atoms with Gasteiger partial charge in [0.25, 0.3) is 10.0 Å². The van der Waals surface area contributed by atoms with E-state index in [1.54, 1.807) is 66.7 Å². The maximum absolute atomic E-state index is 14.6. The number of hydrogen-bond acceptors (Lipinski definition) is 5. The summed E-state index contributed by atoms with van der Waals surface area (Å²) in [4.78, 5) is 29.9. The molecule has 236 valence electrons. The summed E-state index contributed by atoms with van der Waals surface area (Å²) in [5, 5.41) is 3.45. The van der Waals surface area contributed by atoms with E-state index in [1.807, 2.05) is 44.2 Å². The zero-order valence-corrected chi connectivity index (χ0v) is 27.2. The lowest BCUT2D eigenvalue weighted by Crippen LogP contribution is -2.54. The third-order valence-corrected chi connectivity index (χ3v) is 9.68. The highest BCUT2D eigenvalue weighted by Gasteiger charge is 2.36. The van der Waals surface area contributed by atoms with Crippen molar-refractivity contribution >= 4 is 39.1 Å². The van der Waals surface area contributed by atoms with Crippen molar-refractivity contribution in [3.63, 3.8) is 0 Å². The van der Waals surface area contributed by atoms with Crippen molar-refractivity contribution in [3.8, 4) is 5.75 Å². The zero-order chi connectivity index (χ0) is 32.4. The van der Waals surface area contributed by atoms with Crippen LogP contribution in [0.5, 0.6) is 5.75 Å². The molecule has 0 unspecified atom stereocenters. The van der Waals surface area contributed by atoms with Gasteiger partial charge in [0.1, 0.15) is 18.3 Å². The van der Waals surface area contributed by atoms with Crippen LogP contribution in [0.1, 0.15) is 31.4 Å². The zero-order valence-electron chi connectivity index (χ0n) is 25.6. The Morgan fingerprint density at radius 2 is 1.47 bits per heavy atom. The molecule has 0 bridgehead atoms. The van der Waals surface area contributed by atoms with Gasteiger partial charge in [-0.15, -0.1) is 0 Å². The summed E-state index contributed by atoms with van der Waals surface area (Å²) < 4.78 is 34.9. The highest BCUT2D eigenvalue weighted by Crippen LogP contribution is 2.33. The molecule has 0 aliphatic carbocycles. The number of anilines is 1. The second kappa shape index (κ2) is 15.6. The first-order valence-corrected chi connectivity index (χ1v) is 16.6. The van der Waals surface area contributed by atoms with Crippen LogP contribution in [-0.4, -0.2) is 50.9 Å². The van der Waals surface area contributed by atoms with Gasteiger partial charge in [0.05, 0.1) is 17.7 Å². The summed E-state index contributed by atoms with van der Waals surface area (Å²) in [6.45, 7) is 3.25. The summed E-state index contributed by atoms with van der Waals surface area (Å²) in [5.74, 6) is -0.651. The van der Waals surface area contributed by atoms with Crippen molar-refractivity contribution in [2.75, 3.05) is 18.0 Å². The number of ether oxygens (including phenoxy) is 1. The van der Waals surface area contributed by atoms with Crippen molar-refractivity contribution < 1.29 is 22.7 Å². The molecule has 4 aromatic carbocycles. The topological polar surface area (TPSA) is 96.0 Å². The number of amides is 2. The van der Waals surface area contributed by atoms with E-state index in [1.165, 1.54) is 24.1 Å². The molecule has 0 radical (unpaired) electrons. The van der Waals surface area contributed by atoms with Crippen LogP contribution >= 0.6 is 11.6 Å². The SMILES string of the molecule is CC[C@H](C)NC(=O)[C@H](Cc1ccccc1)N(Cc1ccccc1Cl)C(=O)CN(c1ccccc1OC)S(=O)(=O)c1ccccc1. The van der Waals surface area contributed by atoms with E-state index in [-0.39, 0.29) is 41.2 Å². The van der Waals surface area contributed by atoms with E-state index in [4.69, 9.17) is 16.3 Å². The lowest BCUT2D eigenvalue weighted by atomic mass is 10.0. The minimum absolute atomic E-state index is 0.0108. The minimum Gasteiger partial charge on any atom is -0.495 e. The molecule has 4 aromatic rings. The number of carbonyl (C=O) groups is 2. The maximum Gasteiger partial charge on any atom is 0.264 e. The highest BCUT2D eigenvalue weighted by molar-refractivity contribution is 7.92. The van der Waals surface area contributed by atoms with Gasteiger partial charge in [-0.25, -0.2) is 8.42 Å². The monoisotopic (exact) mass is 647 g/mol. The van der Waals surface area contributed by atoms with E-state index >= 15 is 0 Å². The van der Waals surface area contributed by atoms with Crippen molar-refractivity contribution in [3.05, 3.63) is 125 Å². The summed E-state index contributed by atoms with van der Waals surface area (Å²) in [5.41, 5.74) is 1.66. The number of nitrogens with one attached hydrogen (secondary N) is 1. The summed E-state index contributed by atoms with van der Waals surface area (Å²) in [7, 11) is -2.81. The van der Waals surface area contributed by atoms with E-state index in [0.29, 0.717) is 17.0 Å². The van der Waals surface area contributed by atoms with E-state index in [2.05, 4.69) is 5.32 Å². The van der Waals surface area contributed by atoms with Crippen LogP contribution < -0.4 is 14.4 Å². The van der Waals surface area contributed by atoms with Gasteiger partial charge in [0, 0.05) is 24.0 Å². The Morgan fingerprint density at radius 3 is 2.11 bits per heavy atom. The third-order valence-electron chi connectivity index (χ3n) is 7.53. The smallest absolute Gasteiger partial charge is 0.264 e. The quantitative estimate of drug-likeness (QED) is 0.179. The molecule has 0 aliphatic rings. The fourth-order valence-corrected chi connectivity index (χ4v) is 6.52. The van der Waals surface area contributed by atoms with Gasteiger partial charge in [0.2, 0.25) is 11.8 Å². The molecule has 10 heteroatoms. The fourth-order valence-electron chi connectivity index (χ4n) is 4.87. The Labute approximate surface area is 270 Å². The Bertz CT molecular complexity index is 1690. The Balaban J connectivity index is 1.84. The molecule has 0 aromatic heterocycles. The molecular formula is C35H38ClN3O5S. The molecule has 0 heterocycles. The van der Waals surface area contributed by atoms with Crippen LogP contribution in [0.15, 0.2) is 114 Å². The molecule has 0 saturated heterocycles. The molecule has 45 heavy (non-hydrogen) atoms. The van der Waals surface area contributed by atoms with Crippen LogP contribution in [0.2, 0.25) is 5.02 Å². The fraction of sp³-hybridized carbons (Fsp3) is 0.257. The lowest BCUT2D eigenvalue weighted by molar-refractivity contribution is -0.140. The third kappa shape index (κ3) is 8.44. The van der Waals surface area contributed by atoms with Gasteiger partial charge in [-0.05, 0) is 54.8 Å². The van der Waals surface area contributed by atoms with E-state index in [0.717, 1.165) is 9.87 Å². The normalized spacial score (nSPS) is 12.5. The Hall–Kier alpha value is -4.34. The van der Waals surface area contributed by atoms with Crippen LogP contribution in [0.25, 0.3) is 0 Å². The molecule has 0 fully saturated rings. The number of carbonyl (C=O) groups excluding carboxylic acids is 2.